The first kappa shape index (κ1) is 19.9. The van der Waals surface area contributed by atoms with E-state index in [0.717, 1.165) is 26.1 Å². The standard InChI is InChI=1S/C21H33FN2O/c1-6-20(25)23-19(15(2)3)13-24-12-11-18(21(4,5)14-24)16-7-9-17(22)10-8-16/h7-10,15,18-19H,6,11-14H2,1-5H3,(H,23,25)/t18?,19-/m0/s1. The molecule has 3 nitrogen and oxygen atoms in total. The van der Waals surface area contributed by atoms with Crippen molar-refractivity contribution in [2.24, 2.45) is 11.3 Å². The molecule has 1 aliphatic heterocycles. The Hall–Kier alpha value is -1.42. The molecule has 1 aliphatic rings. The Bertz CT molecular complexity index is 568. The van der Waals surface area contributed by atoms with E-state index in [1.54, 1.807) is 12.1 Å². The average molecular weight is 349 g/mol. The van der Waals surface area contributed by atoms with Gasteiger partial charge in [-0.25, -0.2) is 4.39 Å². The maximum absolute atomic E-state index is 13.2. The Labute approximate surface area is 152 Å². The van der Waals surface area contributed by atoms with Crippen molar-refractivity contribution in [3.63, 3.8) is 0 Å². The van der Waals surface area contributed by atoms with Crippen LogP contribution in [0.25, 0.3) is 0 Å². The molecule has 1 heterocycles. The molecule has 0 spiro atoms. The molecule has 1 fully saturated rings. The molecule has 0 saturated carbocycles. The van der Waals surface area contributed by atoms with Gasteiger partial charge in [0.1, 0.15) is 5.82 Å². The largest absolute Gasteiger partial charge is 0.352 e. The van der Waals surface area contributed by atoms with E-state index in [-0.39, 0.29) is 23.2 Å². The Morgan fingerprint density at radius 1 is 1.32 bits per heavy atom. The zero-order chi connectivity index (χ0) is 18.6. The van der Waals surface area contributed by atoms with Gasteiger partial charge < -0.3 is 10.2 Å². The van der Waals surface area contributed by atoms with E-state index < -0.39 is 0 Å². The van der Waals surface area contributed by atoms with Crippen LogP contribution in [0, 0.1) is 17.2 Å². The van der Waals surface area contributed by atoms with Gasteiger partial charge in [0.15, 0.2) is 0 Å². The molecule has 0 aliphatic carbocycles. The van der Waals surface area contributed by atoms with Crippen molar-refractivity contribution >= 4 is 5.91 Å². The van der Waals surface area contributed by atoms with Crippen molar-refractivity contribution in [2.45, 2.75) is 59.4 Å². The van der Waals surface area contributed by atoms with Gasteiger partial charge >= 0.3 is 0 Å². The Morgan fingerprint density at radius 3 is 2.48 bits per heavy atom. The second-order valence-corrected chi connectivity index (χ2v) is 8.39. The third-order valence-electron chi connectivity index (χ3n) is 5.51. The molecule has 140 valence electrons. The first-order valence-electron chi connectivity index (χ1n) is 9.50. The molecule has 1 aromatic rings. The summed E-state index contributed by atoms with van der Waals surface area (Å²) in [4.78, 5) is 14.3. The van der Waals surface area contributed by atoms with Crippen LogP contribution >= 0.6 is 0 Å². The number of likely N-dealkylation sites (tertiary alicyclic amines) is 1. The van der Waals surface area contributed by atoms with Crippen LogP contribution in [0.3, 0.4) is 0 Å². The number of amides is 1. The monoisotopic (exact) mass is 348 g/mol. The van der Waals surface area contributed by atoms with Crippen LogP contribution in [0.2, 0.25) is 0 Å². The first-order chi connectivity index (χ1) is 11.7. The summed E-state index contributed by atoms with van der Waals surface area (Å²) in [6.45, 7) is 13.7. The predicted molar refractivity (Wildman–Crippen MR) is 101 cm³/mol. The van der Waals surface area contributed by atoms with Crippen molar-refractivity contribution < 1.29 is 9.18 Å². The number of nitrogens with zero attached hydrogens (tertiary/aromatic N) is 1. The van der Waals surface area contributed by atoms with Crippen LogP contribution in [-0.2, 0) is 4.79 Å². The summed E-state index contributed by atoms with van der Waals surface area (Å²) >= 11 is 0. The molecule has 1 amide bonds. The molecule has 25 heavy (non-hydrogen) atoms. The van der Waals surface area contributed by atoms with Crippen molar-refractivity contribution in [1.82, 2.24) is 10.2 Å². The second-order valence-electron chi connectivity index (χ2n) is 8.39. The van der Waals surface area contributed by atoms with Crippen LogP contribution in [-0.4, -0.2) is 36.5 Å². The number of carbonyl (C=O) groups is 1. The number of hydrogen-bond donors (Lipinski definition) is 1. The molecule has 1 N–H and O–H groups in total. The number of rotatable bonds is 6. The van der Waals surface area contributed by atoms with Gasteiger partial charge in [0.05, 0.1) is 0 Å². The Kier molecular flexibility index (Phi) is 6.61. The number of hydrogen-bond acceptors (Lipinski definition) is 2. The number of carbonyl (C=O) groups excluding carboxylic acids is 1. The molecular weight excluding hydrogens is 315 g/mol. The molecule has 0 bridgehead atoms. The van der Waals surface area contributed by atoms with Gasteiger partial charge in [0, 0.05) is 25.6 Å². The van der Waals surface area contributed by atoms with Gasteiger partial charge in [-0.3, -0.25) is 4.79 Å². The second kappa shape index (κ2) is 8.31. The molecule has 0 radical (unpaired) electrons. The van der Waals surface area contributed by atoms with Gasteiger partial charge in [0.25, 0.3) is 0 Å². The smallest absolute Gasteiger partial charge is 0.219 e. The zero-order valence-corrected chi connectivity index (χ0v) is 16.3. The van der Waals surface area contributed by atoms with Crippen LogP contribution in [0.4, 0.5) is 4.39 Å². The fourth-order valence-electron chi connectivity index (χ4n) is 3.95. The molecule has 2 rings (SSSR count). The van der Waals surface area contributed by atoms with Gasteiger partial charge in [0.2, 0.25) is 5.91 Å². The van der Waals surface area contributed by atoms with E-state index >= 15 is 0 Å². The molecule has 1 unspecified atom stereocenters. The van der Waals surface area contributed by atoms with Gasteiger partial charge in [-0.15, -0.1) is 0 Å². The lowest BCUT2D eigenvalue weighted by molar-refractivity contribution is -0.122. The summed E-state index contributed by atoms with van der Waals surface area (Å²) in [5.74, 6) is 0.796. The van der Waals surface area contributed by atoms with Crippen LogP contribution < -0.4 is 5.32 Å². The van der Waals surface area contributed by atoms with Crippen molar-refractivity contribution in [3.05, 3.63) is 35.6 Å². The van der Waals surface area contributed by atoms with E-state index in [1.165, 1.54) is 5.56 Å². The normalized spacial score (nSPS) is 22.0. The van der Waals surface area contributed by atoms with Crippen LogP contribution in [0.15, 0.2) is 24.3 Å². The number of benzene rings is 1. The van der Waals surface area contributed by atoms with Gasteiger partial charge in [-0.05, 0) is 47.9 Å². The lowest BCUT2D eigenvalue weighted by Crippen LogP contribution is -2.52. The third kappa shape index (κ3) is 5.27. The highest BCUT2D eigenvalue weighted by molar-refractivity contribution is 5.75. The summed E-state index contributed by atoms with van der Waals surface area (Å²) in [6.07, 6.45) is 1.59. The van der Waals surface area contributed by atoms with E-state index in [0.29, 0.717) is 18.3 Å². The Balaban J connectivity index is 2.03. The number of nitrogens with one attached hydrogen (secondary N) is 1. The third-order valence-corrected chi connectivity index (χ3v) is 5.51. The minimum Gasteiger partial charge on any atom is -0.352 e. The van der Waals surface area contributed by atoms with Crippen molar-refractivity contribution in [1.29, 1.82) is 0 Å². The van der Waals surface area contributed by atoms with E-state index in [9.17, 15) is 9.18 Å². The molecule has 0 aromatic heterocycles. The first-order valence-corrected chi connectivity index (χ1v) is 9.50. The van der Waals surface area contributed by atoms with E-state index in [4.69, 9.17) is 0 Å². The lowest BCUT2D eigenvalue weighted by atomic mass is 9.70. The summed E-state index contributed by atoms with van der Waals surface area (Å²) in [7, 11) is 0. The number of halogens is 1. The highest BCUT2D eigenvalue weighted by atomic mass is 19.1. The van der Waals surface area contributed by atoms with E-state index in [1.807, 2.05) is 19.1 Å². The quantitative estimate of drug-likeness (QED) is 0.836. The highest BCUT2D eigenvalue weighted by Gasteiger charge is 2.37. The summed E-state index contributed by atoms with van der Waals surface area (Å²) in [5.41, 5.74) is 1.34. The topological polar surface area (TPSA) is 32.3 Å². The van der Waals surface area contributed by atoms with Crippen molar-refractivity contribution in [2.75, 3.05) is 19.6 Å². The summed E-state index contributed by atoms with van der Waals surface area (Å²) < 4.78 is 13.2. The molecule has 4 heteroatoms. The number of piperidine rings is 1. The van der Waals surface area contributed by atoms with Gasteiger partial charge in [-0.2, -0.15) is 0 Å². The molecule has 2 atom stereocenters. The Morgan fingerprint density at radius 2 is 1.96 bits per heavy atom. The average Bonchev–Trinajstić information content (AvgIpc) is 2.54. The summed E-state index contributed by atoms with van der Waals surface area (Å²) in [5, 5.41) is 3.17. The van der Waals surface area contributed by atoms with E-state index in [2.05, 4.69) is 37.9 Å². The lowest BCUT2D eigenvalue weighted by Gasteiger charge is -2.46. The fourth-order valence-corrected chi connectivity index (χ4v) is 3.95. The fraction of sp³-hybridized carbons (Fsp3) is 0.667. The molecular formula is C21H33FN2O. The minimum atomic E-state index is -0.176. The van der Waals surface area contributed by atoms with Crippen molar-refractivity contribution in [3.8, 4) is 0 Å². The maximum atomic E-state index is 13.2. The maximum Gasteiger partial charge on any atom is 0.219 e. The van der Waals surface area contributed by atoms with Crippen LogP contribution in [0.5, 0.6) is 0 Å². The SMILES string of the molecule is CCC(=O)N[C@@H](CN1CCC(c2ccc(F)cc2)C(C)(C)C1)C(C)C. The minimum absolute atomic E-state index is 0.117. The zero-order valence-electron chi connectivity index (χ0n) is 16.3. The molecule has 1 aromatic carbocycles. The van der Waals surface area contributed by atoms with Crippen LogP contribution in [0.1, 0.15) is 58.9 Å². The van der Waals surface area contributed by atoms with Gasteiger partial charge in [-0.1, -0.05) is 46.8 Å². The summed E-state index contributed by atoms with van der Waals surface area (Å²) in [6, 6.07) is 7.16. The highest BCUT2D eigenvalue weighted by Crippen LogP contribution is 2.42. The molecule has 1 saturated heterocycles. The predicted octanol–water partition coefficient (Wildman–Crippen LogP) is 4.19.